The fourth-order valence-electron chi connectivity index (χ4n) is 2.89. The van der Waals surface area contributed by atoms with E-state index in [9.17, 15) is 4.79 Å². The van der Waals surface area contributed by atoms with Crippen molar-refractivity contribution in [1.29, 1.82) is 0 Å². The first-order valence-corrected chi connectivity index (χ1v) is 9.01. The maximum atomic E-state index is 12.5. The third kappa shape index (κ3) is 3.67. The Bertz CT molecular complexity index is 676. The molecule has 2 fully saturated rings. The fraction of sp³-hybridized carbons (Fsp3) is 0.562. The van der Waals surface area contributed by atoms with Crippen LogP contribution in [0.4, 0.5) is 0 Å². The number of fused-ring (bicyclic) bond motifs is 1. The van der Waals surface area contributed by atoms with Gasteiger partial charge in [-0.25, -0.2) is 9.97 Å². The molecule has 0 spiro atoms. The predicted molar refractivity (Wildman–Crippen MR) is 94.1 cm³/mol. The first-order valence-electron chi connectivity index (χ1n) is 8.11. The molecule has 1 saturated carbocycles. The molecule has 1 aliphatic carbocycles. The average Bonchev–Trinajstić information content (AvgIpc) is 3.36. The number of carbonyl (C=O) groups is 1. The Kier molecular flexibility index (Phi) is 5.17. The quantitative estimate of drug-likeness (QED) is 0.646. The van der Waals surface area contributed by atoms with Crippen molar-refractivity contribution in [3.63, 3.8) is 0 Å². The van der Waals surface area contributed by atoms with Gasteiger partial charge in [-0.1, -0.05) is 0 Å². The molecule has 1 unspecified atom stereocenters. The largest absolute Gasteiger partial charge is 0.348 e. The van der Waals surface area contributed by atoms with E-state index in [4.69, 9.17) is 0 Å². The summed E-state index contributed by atoms with van der Waals surface area (Å²) in [7, 11) is 0. The van der Waals surface area contributed by atoms with Gasteiger partial charge in [-0.05, 0) is 38.5 Å². The van der Waals surface area contributed by atoms with Gasteiger partial charge in [-0.2, -0.15) is 12.6 Å². The summed E-state index contributed by atoms with van der Waals surface area (Å²) in [5, 5.41) is 6.39. The smallest absolute Gasteiger partial charge is 0.255 e. The number of nitrogens with one attached hydrogen (secondary N) is 3. The van der Waals surface area contributed by atoms with Gasteiger partial charge in [0, 0.05) is 24.7 Å². The second kappa shape index (κ2) is 7.31. The summed E-state index contributed by atoms with van der Waals surface area (Å²) < 4.78 is 0. The topological polar surface area (TPSA) is 82.7 Å². The van der Waals surface area contributed by atoms with Crippen LogP contribution in [0.15, 0.2) is 12.4 Å². The Balaban J connectivity index is 0.000000753. The lowest BCUT2D eigenvalue weighted by molar-refractivity contribution is 0.0932. The zero-order valence-corrected chi connectivity index (χ0v) is 14.2. The summed E-state index contributed by atoms with van der Waals surface area (Å²) in [5.74, 6) is 0.479. The third-order valence-corrected chi connectivity index (χ3v) is 4.27. The van der Waals surface area contributed by atoms with E-state index in [0.717, 1.165) is 31.6 Å². The number of carbonyl (C=O) groups excluding carboxylic acids is 1. The third-order valence-electron chi connectivity index (χ3n) is 4.27. The van der Waals surface area contributed by atoms with Crippen LogP contribution in [0.2, 0.25) is 0 Å². The summed E-state index contributed by atoms with van der Waals surface area (Å²) in [6.45, 7) is 1.88. The van der Waals surface area contributed by atoms with E-state index in [0.29, 0.717) is 22.6 Å². The van der Waals surface area contributed by atoms with E-state index in [1.165, 1.54) is 12.8 Å². The van der Waals surface area contributed by atoms with Crippen LogP contribution < -0.4 is 10.6 Å². The normalized spacial score (nSPS) is 20.7. The highest BCUT2D eigenvalue weighted by molar-refractivity contribution is 7.79. The molecule has 2 aromatic rings. The van der Waals surface area contributed by atoms with Crippen molar-refractivity contribution in [2.75, 3.05) is 19.3 Å². The molecule has 1 aliphatic heterocycles. The first kappa shape index (κ1) is 16.3. The molecule has 0 radical (unpaired) electrons. The SMILES string of the molecule is CS.O=C(NC1CCCNC1)c1c[nH]c2ncc(C3CC3)nc12. The number of thiol groups is 1. The van der Waals surface area contributed by atoms with Crippen LogP contribution in [-0.2, 0) is 0 Å². The summed E-state index contributed by atoms with van der Waals surface area (Å²) in [5.41, 5.74) is 2.99. The fourth-order valence-corrected chi connectivity index (χ4v) is 2.89. The zero-order valence-electron chi connectivity index (χ0n) is 13.3. The van der Waals surface area contributed by atoms with E-state index < -0.39 is 0 Å². The van der Waals surface area contributed by atoms with Gasteiger partial charge in [0.15, 0.2) is 5.65 Å². The number of aromatic amines is 1. The second-order valence-electron chi connectivity index (χ2n) is 5.99. The van der Waals surface area contributed by atoms with Crippen molar-refractivity contribution >= 4 is 29.7 Å². The maximum Gasteiger partial charge on any atom is 0.255 e. The summed E-state index contributed by atoms with van der Waals surface area (Å²) >= 11 is 3.53. The standard InChI is InChI=1S/C15H19N5O.CH4S/c21-15(19-10-2-1-5-16-6-10)11-7-17-14-13(11)20-12(8-18-14)9-3-4-9;1-2/h7-10,16H,1-6H2,(H,17,18)(H,19,21);2H,1H3. The van der Waals surface area contributed by atoms with E-state index in [1.54, 1.807) is 12.5 Å². The molecule has 3 N–H and O–H groups in total. The van der Waals surface area contributed by atoms with Crippen molar-refractivity contribution in [2.45, 2.75) is 37.6 Å². The summed E-state index contributed by atoms with van der Waals surface area (Å²) in [6, 6.07) is 0.204. The van der Waals surface area contributed by atoms with Gasteiger partial charge in [0.1, 0.15) is 5.52 Å². The number of hydrogen-bond donors (Lipinski definition) is 4. The highest BCUT2D eigenvalue weighted by Gasteiger charge is 2.27. The number of aromatic nitrogens is 3. The van der Waals surface area contributed by atoms with E-state index in [2.05, 4.69) is 38.2 Å². The maximum absolute atomic E-state index is 12.5. The highest BCUT2D eigenvalue weighted by atomic mass is 32.1. The number of amides is 1. The molecule has 2 aromatic heterocycles. The summed E-state index contributed by atoms with van der Waals surface area (Å²) in [6.07, 6.45) is 9.72. The molecule has 1 amide bonds. The number of H-pyrrole nitrogens is 1. The van der Waals surface area contributed by atoms with Crippen LogP contribution in [0.1, 0.15) is 47.7 Å². The highest BCUT2D eigenvalue weighted by Crippen LogP contribution is 2.39. The van der Waals surface area contributed by atoms with Crippen molar-refractivity contribution in [1.82, 2.24) is 25.6 Å². The van der Waals surface area contributed by atoms with Crippen molar-refractivity contribution in [2.24, 2.45) is 0 Å². The van der Waals surface area contributed by atoms with Crippen molar-refractivity contribution in [3.8, 4) is 0 Å². The van der Waals surface area contributed by atoms with Gasteiger partial charge in [0.25, 0.3) is 5.91 Å². The molecule has 0 bridgehead atoms. The predicted octanol–water partition coefficient (Wildman–Crippen LogP) is 1.86. The van der Waals surface area contributed by atoms with Gasteiger partial charge in [-0.3, -0.25) is 4.79 Å². The van der Waals surface area contributed by atoms with Gasteiger partial charge >= 0.3 is 0 Å². The molecule has 1 saturated heterocycles. The van der Waals surface area contributed by atoms with Crippen LogP contribution in [0.5, 0.6) is 0 Å². The zero-order chi connectivity index (χ0) is 16.2. The van der Waals surface area contributed by atoms with E-state index >= 15 is 0 Å². The van der Waals surface area contributed by atoms with Gasteiger partial charge in [0.05, 0.1) is 17.5 Å². The number of hydrogen-bond acceptors (Lipinski definition) is 5. The van der Waals surface area contributed by atoms with Crippen LogP contribution in [-0.4, -0.2) is 46.2 Å². The monoisotopic (exact) mass is 333 g/mol. The first-order chi connectivity index (χ1) is 11.3. The molecule has 7 heteroatoms. The van der Waals surface area contributed by atoms with Gasteiger partial charge in [-0.15, -0.1) is 0 Å². The number of rotatable bonds is 3. The second-order valence-corrected chi connectivity index (χ2v) is 5.99. The summed E-state index contributed by atoms with van der Waals surface area (Å²) in [4.78, 5) is 24.5. The number of nitrogens with zero attached hydrogens (tertiary/aromatic N) is 2. The Labute approximate surface area is 141 Å². The molecule has 4 rings (SSSR count). The minimum Gasteiger partial charge on any atom is -0.348 e. The Morgan fingerprint density at radius 3 is 2.87 bits per heavy atom. The van der Waals surface area contributed by atoms with Crippen molar-refractivity contribution < 1.29 is 4.79 Å². The minimum atomic E-state index is -0.0582. The van der Waals surface area contributed by atoms with Crippen LogP contribution >= 0.6 is 12.6 Å². The molecule has 23 heavy (non-hydrogen) atoms. The van der Waals surface area contributed by atoms with Gasteiger partial charge < -0.3 is 15.6 Å². The Morgan fingerprint density at radius 1 is 1.35 bits per heavy atom. The average molecular weight is 333 g/mol. The lowest BCUT2D eigenvalue weighted by Crippen LogP contribution is -2.45. The number of piperidine rings is 1. The molecular formula is C16H23N5OS. The minimum absolute atomic E-state index is 0.0582. The molecular weight excluding hydrogens is 310 g/mol. The molecule has 124 valence electrons. The van der Waals surface area contributed by atoms with Crippen LogP contribution in [0, 0.1) is 0 Å². The van der Waals surface area contributed by atoms with Gasteiger partial charge in [0.2, 0.25) is 0 Å². The molecule has 2 aliphatic rings. The van der Waals surface area contributed by atoms with Crippen LogP contribution in [0.25, 0.3) is 11.2 Å². The Morgan fingerprint density at radius 2 is 2.17 bits per heavy atom. The Hall–Kier alpha value is -1.60. The van der Waals surface area contributed by atoms with Crippen molar-refractivity contribution in [3.05, 3.63) is 23.7 Å². The molecule has 6 nitrogen and oxygen atoms in total. The van der Waals surface area contributed by atoms with E-state index in [1.807, 2.05) is 6.20 Å². The molecule has 3 heterocycles. The molecule has 1 atom stereocenters. The lowest BCUT2D eigenvalue weighted by Gasteiger charge is -2.23. The van der Waals surface area contributed by atoms with Crippen LogP contribution in [0.3, 0.4) is 0 Å². The van der Waals surface area contributed by atoms with E-state index in [-0.39, 0.29) is 11.9 Å². The molecule has 0 aromatic carbocycles. The lowest BCUT2D eigenvalue weighted by atomic mass is 10.1.